The number of rotatable bonds is 4. The van der Waals surface area contributed by atoms with Gasteiger partial charge in [-0.05, 0) is 41.5 Å². The van der Waals surface area contributed by atoms with Gasteiger partial charge in [0.2, 0.25) is 5.95 Å². The van der Waals surface area contributed by atoms with Crippen molar-refractivity contribution in [3.05, 3.63) is 152 Å². The third kappa shape index (κ3) is 3.96. The summed E-state index contributed by atoms with van der Waals surface area (Å²) in [6.07, 6.45) is 0. The van der Waals surface area contributed by atoms with Gasteiger partial charge in [-0.25, -0.2) is 9.97 Å². The first-order chi connectivity index (χ1) is 21.8. The Morgan fingerprint density at radius 1 is 0.432 bits per heavy atom. The molecule has 0 aliphatic carbocycles. The van der Waals surface area contributed by atoms with Gasteiger partial charge in [0.1, 0.15) is 0 Å². The molecule has 0 bridgehead atoms. The zero-order valence-electron chi connectivity index (χ0n) is 23.7. The molecule has 0 fully saturated rings. The molecule has 9 rings (SSSR count). The summed E-state index contributed by atoms with van der Waals surface area (Å²) in [5.74, 6) is 0.667. The SMILES string of the molecule is c1ccc(-c2ccc3c(c2)c2ccc4sc5ccccc5c4c2n3-c2nc(-c3ccccc3)cc(-c3ccccc3)n2)cc1. The van der Waals surface area contributed by atoms with Gasteiger partial charge in [0.05, 0.1) is 22.4 Å². The Morgan fingerprint density at radius 3 is 1.73 bits per heavy atom. The molecule has 6 aromatic carbocycles. The van der Waals surface area contributed by atoms with Crippen LogP contribution < -0.4 is 0 Å². The van der Waals surface area contributed by atoms with Crippen molar-refractivity contribution >= 4 is 53.3 Å². The molecule has 0 aliphatic heterocycles. The molecule has 0 amide bonds. The van der Waals surface area contributed by atoms with Crippen molar-refractivity contribution in [3.63, 3.8) is 0 Å². The van der Waals surface area contributed by atoms with Crippen LogP contribution in [0.5, 0.6) is 0 Å². The minimum atomic E-state index is 0.667. The molecule has 44 heavy (non-hydrogen) atoms. The van der Waals surface area contributed by atoms with Gasteiger partial charge >= 0.3 is 0 Å². The Kier molecular flexibility index (Phi) is 5.68. The first kappa shape index (κ1) is 25.0. The molecular formula is C40H25N3S. The summed E-state index contributed by atoms with van der Waals surface area (Å²) in [6, 6.07) is 53.5. The molecule has 0 saturated heterocycles. The zero-order valence-corrected chi connectivity index (χ0v) is 24.5. The fraction of sp³-hybridized carbons (Fsp3) is 0. The molecule has 0 atom stereocenters. The van der Waals surface area contributed by atoms with E-state index in [9.17, 15) is 0 Å². The standard InChI is InChI=1S/C40H25N3S/c1-4-12-26(13-5-1)29-20-22-35-32(24-29)30-21-23-37-38(31-18-10-11-19-36(31)44-37)39(30)43(35)40-41-33(27-14-6-2-7-15-27)25-34(42-40)28-16-8-3-9-17-28/h1-25H. The van der Waals surface area contributed by atoms with Gasteiger partial charge in [-0.2, -0.15) is 0 Å². The Morgan fingerprint density at radius 2 is 1.05 bits per heavy atom. The van der Waals surface area contributed by atoms with Gasteiger partial charge in [-0.15, -0.1) is 11.3 Å². The summed E-state index contributed by atoms with van der Waals surface area (Å²) >= 11 is 1.84. The van der Waals surface area contributed by atoms with E-state index in [0.717, 1.165) is 33.5 Å². The molecule has 0 radical (unpaired) electrons. The molecular weight excluding hydrogens is 555 g/mol. The van der Waals surface area contributed by atoms with Crippen LogP contribution in [0.3, 0.4) is 0 Å². The molecule has 4 heteroatoms. The van der Waals surface area contributed by atoms with Crippen LogP contribution in [-0.4, -0.2) is 14.5 Å². The number of nitrogens with zero attached hydrogens (tertiary/aromatic N) is 3. The lowest BCUT2D eigenvalue weighted by molar-refractivity contribution is 0.998. The fourth-order valence-corrected chi connectivity index (χ4v) is 7.49. The van der Waals surface area contributed by atoms with E-state index >= 15 is 0 Å². The largest absolute Gasteiger partial charge is 0.277 e. The Labute approximate surface area is 258 Å². The summed E-state index contributed by atoms with van der Waals surface area (Å²) in [6.45, 7) is 0. The molecule has 0 spiro atoms. The lowest BCUT2D eigenvalue weighted by atomic mass is 10.0. The summed E-state index contributed by atoms with van der Waals surface area (Å²) < 4.78 is 4.83. The molecule has 0 unspecified atom stereocenters. The van der Waals surface area contributed by atoms with Gasteiger partial charge in [-0.3, -0.25) is 4.57 Å². The average molecular weight is 580 g/mol. The Hall–Kier alpha value is -5.58. The van der Waals surface area contributed by atoms with Crippen LogP contribution in [-0.2, 0) is 0 Å². The second kappa shape index (κ2) is 10.0. The van der Waals surface area contributed by atoms with Gasteiger partial charge in [0, 0.05) is 42.1 Å². The van der Waals surface area contributed by atoms with Crippen LogP contribution in [0.1, 0.15) is 0 Å². The monoisotopic (exact) mass is 579 g/mol. The third-order valence-electron chi connectivity index (χ3n) is 8.43. The first-order valence-electron chi connectivity index (χ1n) is 14.8. The van der Waals surface area contributed by atoms with Crippen LogP contribution in [0, 0.1) is 0 Å². The van der Waals surface area contributed by atoms with Crippen molar-refractivity contribution in [2.45, 2.75) is 0 Å². The lowest BCUT2D eigenvalue weighted by Gasteiger charge is -2.12. The summed E-state index contributed by atoms with van der Waals surface area (Å²) in [4.78, 5) is 10.6. The van der Waals surface area contributed by atoms with E-state index in [-0.39, 0.29) is 0 Å². The van der Waals surface area contributed by atoms with Crippen molar-refractivity contribution in [2.75, 3.05) is 0 Å². The Bertz CT molecular complexity index is 2420. The van der Waals surface area contributed by atoms with Gasteiger partial charge in [-0.1, -0.05) is 121 Å². The molecule has 0 aliphatic rings. The number of fused-ring (bicyclic) bond motifs is 7. The molecule has 3 aromatic heterocycles. The number of aromatic nitrogens is 3. The molecule has 0 saturated carbocycles. The molecule has 0 N–H and O–H groups in total. The highest BCUT2D eigenvalue weighted by Gasteiger charge is 2.21. The molecule has 3 nitrogen and oxygen atoms in total. The van der Waals surface area contributed by atoms with Crippen molar-refractivity contribution in [1.29, 1.82) is 0 Å². The quantitative estimate of drug-likeness (QED) is 0.208. The topological polar surface area (TPSA) is 30.7 Å². The van der Waals surface area contributed by atoms with Crippen molar-refractivity contribution < 1.29 is 0 Å². The summed E-state index contributed by atoms with van der Waals surface area (Å²) in [5.41, 5.74) is 8.54. The van der Waals surface area contributed by atoms with Crippen LogP contribution in [0.2, 0.25) is 0 Å². The molecule has 3 heterocycles. The number of benzene rings is 6. The summed E-state index contributed by atoms with van der Waals surface area (Å²) in [5, 5.41) is 4.89. The maximum atomic E-state index is 5.28. The van der Waals surface area contributed by atoms with Crippen molar-refractivity contribution in [1.82, 2.24) is 14.5 Å². The fourth-order valence-electron chi connectivity index (χ4n) is 6.38. The van der Waals surface area contributed by atoms with Crippen molar-refractivity contribution in [2.24, 2.45) is 0 Å². The minimum Gasteiger partial charge on any atom is -0.277 e. The van der Waals surface area contributed by atoms with Gasteiger partial charge in [0.15, 0.2) is 0 Å². The number of hydrogen-bond acceptors (Lipinski definition) is 3. The summed E-state index contributed by atoms with van der Waals surface area (Å²) in [7, 11) is 0. The number of thiophene rings is 1. The van der Waals surface area contributed by atoms with E-state index in [1.165, 1.54) is 42.1 Å². The predicted molar refractivity (Wildman–Crippen MR) is 186 cm³/mol. The van der Waals surface area contributed by atoms with E-state index in [1.54, 1.807) is 0 Å². The smallest absolute Gasteiger partial charge is 0.235 e. The van der Waals surface area contributed by atoms with E-state index < -0.39 is 0 Å². The lowest BCUT2D eigenvalue weighted by Crippen LogP contribution is -2.04. The Balaban J connectivity index is 1.43. The highest BCUT2D eigenvalue weighted by Crippen LogP contribution is 2.43. The van der Waals surface area contributed by atoms with Gasteiger partial charge in [0.25, 0.3) is 0 Å². The second-order valence-electron chi connectivity index (χ2n) is 11.0. The van der Waals surface area contributed by atoms with Crippen LogP contribution in [0.25, 0.3) is 81.6 Å². The maximum absolute atomic E-state index is 5.28. The second-order valence-corrected chi connectivity index (χ2v) is 12.1. The van der Waals surface area contributed by atoms with Crippen LogP contribution >= 0.6 is 11.3 Å². The normalized spacial score (nSPS) is 11.6. The maximum Gasteiger partial charge on any atom is 0.235 e. The third-order valence-corrected chi connectivity index (χ3v) is 9.56. The molecule has 206 valence electrons. The van der Waals surface area contributed by atoms with E-state index in [4.69, 9.17) is 9.97 Å². The van der Waals surface area contributed by atoms with Crippen molar-refractivity contribution in [3.8, 4) is 39.6 Å². The molecule has 9 aromatic rings. The minimum absolute atomic E-state index is 0.667. The highest BCUT2D eigenvalue weighted by atomic mass is 32.1. The van der Waals surface area contributed by atoms with E-state index in [1.807, 2.05) is 23.5 Å². The van der Waals surface area contributed by atoms with Crippen LogP contribution in [0.15, 0.2) is 152 Å². The number of hydrogen-bond donors (Lipinski definition) is 0. The van der Waals surface area contributed by atoms with E-state index in [2.05, 4.69) is 144 Å². The highest BCUT2D eigenvalue weighted by molar-refractivity contribution is 7.26. The first-order valence-corrected chi connectivity index (χ1v) is 15.6. The van der Waals surface area contributed by atoms with Crippen LogP contribution in [0.4, 0.5) is 0 Å². The van der Waals surface area contributed by atoms with Gasteiger partial charge < -0.3 is 0 Å². The average Bonchev–Trinajstić information content (AvgIpc) is 3.64. The predicted octanol–water partition coefficient (Wildman–Crippen LogP) is 10.9. The van der Waals surface area contributed by atoms with E-state index in [0.29, 0.717) is 5.95 Å². The zero-order chi connectivity index (χ0) is 29.0.